The van der Waals surface area contributed by atoms with Crippen LogP contribution in [0.25, 0.3) is 0 Å². The van der Waals surface area contributed by atoms with Gasteiger partial charge in [0, 0.05) is 25.1 Å². The molecule has 3 rings (SSSR count). The van der Waals surface area contributed by atoms with Gasteiger partial charge in [-0.3, -0.25) is 4.79 Å². The summed E-state index contributed by atoms with van der Waals surface area (Å²) in [5.74, 6) is 1.71. The Kier molecular flexibility index (Phi) is 4.06. The molecular formula is C15H20N2O3. The van der Waals surface area contributed by atoms with Crippen LogP contribution in [0, 0.1) is 0 Å². The van der Waals surface area contributed by atoms with Crippen LogP contribution in [0.1, 0.15) is 24.8 Å². The molecule has 2 aliphatic rings. The van der Waals surface area contributed by atoms with Gasteiger partial charge in [-0.1, -0.05) is 12.1 Å². The van der Waals surface area contributed by atoms with Crippen molar-refractivity contribution in [2.75, 3.05) is 19.8 Å². The quantitative estimate of drug-likeness (QED) is 0.871. The summed E-state index contributed by atoms with van der Waals surface area (Å²) < 4.78 is 11.5. The average Bonchev–Trinajstić information content (AvgIpc) is 2.72. The Labute approximate surface area is 118 Å². The van der Waals surface area contributed by atoms with Crippen LogP contribution >= 0.6 is 0 Å². The molecule has 0 saturated carbocycles. The van der Waals surface area contributed by atoms with Crippen molar-refractivity contribution in [3.63, 3.8) is 0 Å². The molecule has 2 heterocycles. The number of rotatable bonds is 3. The summed E-state index contributed by atoms with van der Waals surface area (Å²) in [6.45, 7) is 2.77. The number of amides is 1. The summed E-state index contributed by atoms with van der Waals surface area (Å²) in [4.78, 5) is 11.7. The minimum atomic E-state index is -0.105. The van der Waals surface area contributed by atoms with Crippen LogP contribution in [0.5, 0.6) is 11.5 Å². The van der Waals surface area contributed by atoms with E-state index >= 15 is 0 Å². The highest BCUT2D eigenvalue weighted by Gasteiger charge is 2.22. The van der Waals surface area contributed by atoms with Gasteiger partial charge in [-0.15, -0.1) is 0 Å². The fraction of sp³-hybridized carbons (Fsp3) is 0.533. The lowest BCUT2D eigenvalue weighted by atomic mass is 10.1. The molecule has 1 aromatic carbocycles. The maximum absolute atomic E-state index is 11.7. The molecule has 5 nitrogen and oxygen atoms in total. The molecule has 1 aromatic rings. The fourth-order valence-electron chi connectivity index (χ4n) is 2.59. The number of carbonyl (C=O) groups excluding carboxylic acids is 1. The second-order valence-electron chi connectivity index (χ2n) is 5.16. The number of nitrogens with one attached hydrogen (secondary N) is 2. The smallest absolute Gasteiger partial charge is 0.237 e. The van der Waals surface area contributed by atoms with Crippen LogP contribution in [-0.2, 0) is 11.3 Å². The molecule has 2 aliphatic heterocycles. The first kappa shape index (κ1) is 13.2. The van der Waals surface area contributed by atoms with Crippen LogP contribution in [0.15, 0.2) is 18.2 Å². The van der Waals surface area contributed by atoms with Crippen molar-refractivity contribution in [3.8, 4) is 11.5 Å². The first-order chi connectivity index (χ1) is 9.84. The molecule has 2 N–H and O–H groups in total. The highest BCUT2D eigenvalue weighted by atomic mass is 16.5. The highest BCUT2D eigenvalue weighted by Crippen LogP contribution is 2.33. The number of ether oxygens (including phenoxy) is 2. The highest BCUT2D eigenvalue weighted by molar-refractivity contribution is 5.82. The standard InChI is InChI=1S/C15H20N2O3/c18-15-12(5-2-7-16-15)17-10-11-4-1-6-13-14(11)20-9-3-8-19-13/h1,4,6,12,17H,2-3,5,7-10H2,(H,16,18)/t12-/m1/s1. The van der Waals surface area contributed by atoms with Crippen molar-refractivity contribution in [2.45, 2.75) is 31.8 Å². The van der Waals surface area contributed by atoms with Crippen LogP contribution in [0.4, 0.5) is 0 Å². The third-order valence-electron chi connectivity index (χ3n) is 3.68. The first-order valence-corrected chi connectivity index (χ1v) is 7.23. The number of hydrogen-bond acceptors (Lipinski definition) is 4. The van der Waals surface area contributed by atoms with Crippen molar-refractivity contribution >= 4 is 5.91 Å². The number of fused-ring (bicyclic) bond motifs is 1. The van der Waals surface area contributed by atoms with E-state index in [4.69, 9.17) is 9.47 Å². The van der Waals surface area contributed by atoms with E-state index in [1.54, 1.807) is 0 Å². The topological polar surface area (TPSA) is 59.6 Å². The van der Waals surface area contributed by atoms with E-state index in [0.717, 1.165) is 42.9 Å². The lowest BCUT2D eigenvalue weighted by molar-refractivity contribution is -0.124. The second-order valence-corrected chi connectivity index (χ2v) is 5.16. The summed E-state index contributed by atoms with van der Waals surface area (Å²) >= 11 is 0. The normalized spacial score (nSPS) is 22.0. The minimum Gasteiger partial charge on any atom is -0.490 e. The molecule has 20 heavy (non-hydrogen) atoms. The van der Waals surface area contributed by atoms with Gasteiger partial charge in [0.2, 0.25) is 5.91 Å². The van der Waals surface area contributed by atoms with Crippen molar-refractivity contribution in [2.24, 2.45) is 0 Å². The number of benzene rings is 1. The van der Waals surface area contributed by atoms with E-state index in [-0.39, 0.29) is 11.9 Å². The molecule has 0 spiro atoms. The first-order valence-electron chi connectivity index (χ1n) is 7.23. The monoisotopic (exact) mass is 276 g/mol. The zero-order chi connectivity index (χ0) is 13.8. The molecule has 1 saturated heterocycles. The molecule has 1 atom stereocenters. The Morgan fingerprint density at radius 2 is 2.15 bits per heavy atom. The van der Waals surface area contributed by atoms with Gasteiger partial charge in [-0.2, -0.15) is 0 Å². The maximum Gasteiger partial charge on any atom is 0.237 e. The number of hydrogen-bond donors (Lipinski definition) is 2. The summed E-state index contributed by atoms with van der Waals surface area (Å²) in [6.07, 6.45) is 2.81. The van der Waals surface area contributed by atoms with Gasteiger partial charge < -0.3 is 20.1 Å². The average molecular weight is 276 g/mol. The summed E-state index contributed by atoms with van der Waals surface area (Å²) in [5.41, 5.74) is 1.04. The minimum absolute atomic E-state index is 0.0930. The Morgan fingerprint density at radius 1 is 1.25 bits per heavy atom. The zero-order valence-electron chi connectivity index (χ0n) is 11.5. The number of piperidine rings is 1. The lowest BCUT2D eigenvalue weighted by Crippen LogP contribution is -2.47. The summed E-state index contributed by atoms with van der Waals surface area (Å²) in [7, 11) is 0. The maximum atomic E-state index is 11.7. The van der Waals surface area contributed by atoms with Gasteiger partial charge in [0.1, 0.15) is 0 Å². The van der Waals surface area contributed by atoms with Gasteiger partial charge in [0.05, 0.1) is 19.3 Å². The Balaban J connectivity index is 1.69. The predicted octanol–water partition coefficient (Wildman–Crippen LogP) is 1.22. The van der Waals surface area contributed by atoms with Gasteiger partial charge in [-0.25, -0.2) is 0 Å². The SMILES string of the molecule is O=C1NCCC[C@H]1NCc1cccc2c1OCCCO2. The van der Waals surface area contributed by atoms with Gasteiger partial charge >= 0.3 is 0 Å². The summed E-state index contributed by atoms with van der Waals surface area (Å²) in [5, 5.41) is 6.19. The molecule has 5 heteroatoms. The molecule has 1 fully saturated rings. The summed E-state index contributed by atoms with van der Waals surface area (Å²) in [6, 6.07) is 5.80. The van der Waals surface area contributed by atoms with Gasteiger partial charge in [0.15, 0.2) is 11.5 Å². The van der Waals surface area contributed by atoms with E-state index in [1.165, 1.54) is 0 Å². The molecule has 0 bridgehead atoms. The van der Waals surface area contributed by atoms with Crippen LogP contribution < -0.4 is 20.1 Å². The lowest BCUT2D eigenvalue weighted by Gasteiger charge is -2.23. The molecule has 0 aromatic heterocycles. The molecule has 0 radical (unpaired) electrons. The molecule has 0 aliphatic carbocycles. The van der Waals surface area contributed by atoms with E-state index < -0.39 is 0 Å². The van der Waals surface area contributed by atoms with Gasteiger partial charge in [-0.05, 0) is 18.9 Å². The van der Waals surface area contributed by atoms with E-state index in [1.807, 2.05) is 18.2 Å². The van der Waals surface area contributed by atoms with Crippen molar-refractivity contribution < 1.29 is 14.3 Å². The number of para-hydroxylation sites is 1. The van der Waals surface area contributed by atoms with Gasteiger partial charge in [0.25, 0.3) is 0 Å². The van der Waals surface area contributed by atoms with E-state index in [9.17, 15) is 4.79 Å². The fourth-order valence-corrected chi connectivity index (χ4v) is 2.59. The third kappa shape index (κ3) is 2.88. The van der Waals surface area contributed by atoms with Crippen LogP contribution in [-0.4, -0.2) is 31.7 Å². The van der Waals surface area contributed by atoms with Crippen molar-refractivity contribution in [3.05, 3.63) is 23.8 Å². The van der Waals surface area contributed by atoms with Crippen LogP contribution in [0.2, 0.25) is 0 Å². The largest absolute Gasteiger partial charge is 0.490 e. The molecular weight excluding hydrogens is 256 g/mol. The van der Waals surface area contributed by atoms with Crippen LogP contribution in [0.3, 0.4) is 0 Å². The second kappa shape index (κ2) is 6.13. The number of carbonyl (C=O) groups is 1. The third-order valence-corrected chi connectivity index (χ3v) is 3.68. The molecule has 0 unspecified atom stereocenters. The van der Waals surface area contributed by atoms with E-state index in [0.29, 0.717) is 19.8 Å². The Hall–Kier alpha value is -1.75. The predicted molar refractivity (Wildman–Crippen MR) is 74.9 cm³/mol. The Morgan fingerprint density at radius 3 is 3.05 bits per heavy atom. The van der Waals surface area contributed by atoms with Crippen molar-refractivity contribution in [1.29, 1.82) is 0 Å². The van der Waals surface area contributed by atoms with E-state index in [2.05, 4.69) is 10.6 Å². The van der Waals surface area contributed by atoms with Crippen molar-refractivity contribution in [1.82, 2.24) is 10.6 Å². The Bertz CT molecular complexity index is 490. The zero-order valence-corrected chi connectivity index (χ0v) is 11.5. The molecule has 108 valence electrons. The molecule has 1 amide bonds.